The van der Waals surface area contributed by atoms with Crippen LogP contribution in [-0.2, 0) is 0 Å². The summed E-state index contributed by atoms with van der Waals surface area (Å²) in [5, 5.41) is 3.86. The van der Waals surface area contributed by atoms with E-state index in [1.54, 1.807) is 19.1 Å². The summed E-state index contributed by atoms with van der Waals surface area (Å²) in [4.78, 5) is 11.1. The molecule has 0 amide bonds. The van der Waals surface area contributed by atoms with E-state index in [-0.39, 0.29) is 11.9 Å². The van der Waals surface area contributed by atoms with E-state index >= 15 is 0 Å². The van der Waals surface area contributed by atoms with Crippen molar-refractivity contribution in [3.63, 3.8) is 0 Å². The Balaban J connectivity index is 1.45. The maximum Gasteiger partial charge on any atom is 0.163 e. The lowest BCUT2D eigenvalue weighted by atomic mass is 10.1. The molecule has 6 nitrogen and oxygen atoms in total. The van der Waals surface area contributed by atoms with Gasteiger partial charge in [-0.1, -0.05) is 12.1 Å². The fourth-order valence-electron chi connectivity index (χ4n) is 3.98. The molecule has 0 bridgehead atoms. The number of aryl methyl sites for hydroxylation is 1. The first kappa shape index (κ1) is 18.1. The second-order valence-electron chi connectivity index (χ2n) is 7.66. The second-order valence-corrected chi connectivity index (χ2v) is 7.66. The minimum atomic E-state index is -0.289. The van der Waals surface area contributed by atoms with Gasteiger partial charge in [-0.3, -0.25) is 4.90 Å². The van der Waals surface area contributed by atoms with E-state index in [4.69, 9.17) is 9.47 Å². The molecule has 5 rings (SSSR count). The van der Waals surface area contributed by atoms with Gasteiger partial charge in [0, 0.05) is 18.0 Å². The van der Waals surface area contributed by atoms with Gasteiger partial charge in [0.2, 0.25) is 0 Å². The van der Waals surface area contributed by atoms with Crippen LogP contribution in [0.15, 0.2) is 36.7 Å². The van der Waals surface area contributed by atoms with Gasteiger partial charge in [-0.15, -0.1) is 0 Å². The van der Waals surface area contributed by atoms with Crippen molar-refractivity contribution in [1.82, 2.24) is 14.9 Å². The van der Waals surface area contributed by atoms with Crippen LogP contribution in [0.4, 0.5) is 15.9 Å². The average Bonchev–Trinajstić information content (AvgIpc) is 3.23. The first-order valence-corrected chi connectivity index (χ1v) is 10.00. The molecule has 0 spiro atoms. The number of benzene rings is 2. The van der Waals surface area contributed by atoms with E-state index in [0.29, 0.717) is 35.2 Å². The van der Waals surface area contributed by atoms with Crippen molar-refractivity contribution in [2.24, 2.45) is 0 Å². The Morgan fingerprint density at radius 3 is 2.90 bits per heavy atom. The van der Waals surface area contributed by atoms with Crippen LogP contribution in [0.1, 0.15) is 18.4 Å². The molecule has 1 fully saturated rings. The van der Waals surface area contributed by atoms with E-state index < -0.39 is 0 Å². The van der Waals surface area contributed by atoms with Crippen LogP contribution in [0.25, 0.3) is 10.9 Å². The normalized spacial score (nSPS) is 18.9. The van der Waals surface area contributed by atoms with Crippen LogP contribution >= 0.6 is 0 Å². The Labute approximate surface area is 168 Å². The lowest BCUT2D eigenvalue weighted by Gasteiger charge is -2.29. The van der Waals surface area contributed by atoms with Gasteiger partial charge in [0.25, 0.3) is 0 Å². The van der Waals surface area contributed by atoms with E-state index in [2.05, 4.69) is 20.2 Å². The molecule has 0 radical (unpaired) electrons. The summed E-state index contributed by atoms with van der Waals surface area (Å²) < 4.78 is 26.6. The molecule has 150 valence electrons. The standard InChI is InChI=1S/C22H23FN4O2/c1-14-5-4-6-17(21(14)23)26-22-16-9-20-19(10-18(16)24-13-25-22)28-12-15(29-20)11-27-7-2-3-8-27/h4-6,9-10,13,15H,2-3,7-8,11-12H2,1H3,(H,24,25,26)/t15-/m1/s1. The highest BCUT2D eigenvalue weighted by Gasteiger charge is 2.26. The van der Waals surface area contributed by atoms with Crippen LogP contribution in [0.2, 0.25) is 0 Å². The van der Waals surface area contributed by atoms with Gasteiger partial charge < -0.3 is 14.8 Å². The topological polar surface area (TPSA) is 59.5 Å². The van der Waals surface area contributed by atoms with Gasteiger partial charge in [-0.25, -0.2) is 14.4 Å². The first-order chi connectivity index (χ1) is 14.2. The zero-order valence-corrected chi connectivity index (χ0v) is 16.3. The van der Waals surface area contributed by atoms with Crippen LogP contribution in [-0.4, -0.2) is 47.2 Å². The summed E-state index contributed by atoms with van der Waals surface area (Å²) in [6, 6.07) is 8.99. The van der Waals surface area contributed by atoms with Crippen molar-refractivity contribution in [2.45, 2.75) is 25.9 Å². The quantitative estimate of drug-likeness (QED) is 0.720. The molecule has 1 atom stereocenters. The first-order valence-electron chi connectivity index (χ1n) is 10.00. The summed E-state index contributed by atoms with van der Waals surface area (Å²) in [6.45, 7) is 5.37. The Morgan fingerprint density at radius 2 is 2.03 bits per heavy atom. The lowest BCUT2D eigenvalue weighted by molar-refractivity contribution is 0.0653. The molecule has 7 heteroatoms. The number of hydrogen-bond acceptors (Lipinski definition) is 6. The predicted octanol–water partition coefficient (Wildman–Crippen LogP) is 4.06. The molecule has 3 aromatic rings. The predicted molar refractivity (Wildman–Crippen MR) is 110 cm³/mol. The number of fused-ring (bicyclic) bond motifs is 2. The molecule has 2 aromatic carbocycles. The third-order valence-electron chi connectivity index (χ3n) is 5.52. The van der Waals surface area contributed by atoms with Crippen molar-refractivity contribution < 1.29 is 13.9 Å². The Kier molecular flexibility index (Phi) is 4.67. The Morgan fingerprint density at radius 1 is 1.17 bits per heavy atom. The molecular formula is C22H23FN4O2. The monoisotopic (exact) mass is 394 g/mol. The summed E-state index contributed by atoms with van der Waals surface area (Å²) in [7, 11) is 0. The Hall–Kier alpha value is -2.93. The van der Waals surface area contributed by atoms with Gasteiger partial charge >= 0.3 is 0 Å². The number of halogens is 1. The zero-order chi connectivity index (χ0) is 19.8. The number of likely N-dealkylation sites (tertiary alicyclic amines) is 1. The van der Waals surface area contributed by atoms with Gasteiger partial charge in [-0.05, 0) is 50.6 Å². The molecule has 1 N–H and O–H groups in total. The van der Waals surface area contributed by atoms with Gasteiger partial charge in [-0.2, -0.15) is 0 Å². The zero-order valence-electron chi connectivity index (χ0n) is 16.3. The third-order valence-corrected chi connectivity index (χ3v) is 5.52. The maximum absolute atomic E-state index is 14.5. The smallest absolute Gasteiger partial charge is 0.163 e. The number of rotatable bonds is 4. The number of nitrogens with zero attached hydrogens (tertiary/aromatic N) is 3. The fraction of sp³-hybridized carbons (Fsp3) is 0.364. The van der Waals surface area contributed by atoms with E-state index in [9.17, 15) is 4.39 Å². The molecular weight excluding hydrogens is 371 g/mol. The number of aromatic nitrogens is 2. The molecule has 0 saturated carbocycles. The van der Waals surface area contributed by atoms with Gasteiger partial charge in [0.1, 0.15) is 30.7 Å². The number of anilines is 2. The molecule has 3 heterocycles. The average molecular weight is 394 g/mol. The summed E-state index contributed by atoms with van der Waals surface area (Å²) in [6.07, 6.45) is 3.95. The van der Waals surface area contributed by atoms with Crippen LogP contribution in [0.3, 0.4) is 0 Å². The number of hydrogen-bond donors (Lipinski definition) is 1. The fourth-order valence-corrected chi connectivity index (χ4v) is 3.98. The highest BCUT2D eigenvalue weighted by Crippen LogP contribution is 2.38. The molecule has 0 unspecified atom stereocenters. The number of ether oxygens (including phenoxy) is 2. The van der Waals surface area contributed by atoms with E-state index in [1.165, 1.54) is 19.2 Å². The van der Waals surface area contributed by atoms with Crippen LogP contribution in [0, 0.1) is 12.7 Å². The van der Waals surface area contributed by atoms with E-state index in [1.807, 2.05) is 18.2 Å². The van der Waals surface area contributed by atoms with Gasteiger partial charge in [0.15, 0.2) is 11.5 Å². The minimum absolute atomic E-state index is 0.00620. The van der Waals surface area contributed by atoms with Crippen molar-refractivity contribution in [1.29, 1.82) is 0 Å². The molecule has 29 heavy (non-hydrogen) atoms. The SMILES string of the molecule is Cc1cccc(Nc2ncnc3cc4c(cc23)O[C@H](CN2CCCC2)CO4)c1F. The highest BCUT2D eigenvalue weighted by atomic mass is 19.1. The van der Waals surface area contributed by atoms with Gasteiger partial charge in [0.05, 0.1) is 11.2 Å². The molecule has 1 saturated heterocycles. The molecule has 0 aliphatic carbocycles. The maximum atomic E-state index is 14.5. The van der Waals surface area contributed by atoms with Crippen molar-refractivity contribution >= 4 is 22.4 Å². The van der Waals surface area contributed by atoms with E-state index in [0.717, 1.165) is 30.5 Å². The van der Waals surface area contributed by atoms with Crippen molar-refractivity contribution in [3.8, 4) is 11.5 Å². The highest BCUT2D eigenvalue weighted by molar-refractivity contribution is 5.93. The summed E-state index contributed by atoms with van der Waals surface area (Å²) >= 11 is 0. The minimum Gasteiger partial charge on any atom is -0.486 e. The molecule has 1 aromatic heterocycles. The summed E-state index contributed by atoms with van der Waals surface area (Å²) in [5.74, 6) is 1.60. The molecule has 2 aliphatic heterocycles. The Bertz CT molecular complexity index is 1050. The number of nitrogens with one attached hydrogen (secondary N) is 1. The van der Waals surface area contributed by atoms with Crippen LogP contribution in [0.5, 0.6) is 11.5 Å². The van der Waals surface area contributed by atoms with Crippen LogP contribution < -0.4 is 14.8 Å². The largest absolute Gasteiger partial charge is 0.486 e. The second kappa shape index (κ2) is 7.48. The summed E-state index contributed by atoms with van der Waals surface area (Å²) in [5.41, 5.74) is 1.68. The lowest BCUT2D eigenvalue weighted by Crippen LogP contribution is -2.39. The third kappa shape index (κ3) is 3.58. The molecule has 2 aliphatic rings. The van der Waals surface area contributed by atoms with Crippen molar-refractivity contribution in [3.05, 3.63) is 48.0 Å². The van der Waals surface area contributed by atoms with Crippen molar-refractivity contribution in [2.75, 3.05) is 31.6 Å².